The van der Waals surface area contributed by atoms with E-state index in [2.05, 4.69) is 5.32 Å². The Morgan fingerprint density at radius 1 is 1.11 bits per heavy atom. The molecule has 2 aliphatic rings. The van der Waals surface area contributed by atoms with Crippen LogP contribution in [0.1, 0.15) is 32.1 Å². The van der Waals surface area contributed by atoms with Crippen LogP contribution >= 0.6 is 12.2 Å². The van der Waals surface area contributed by atoms with Gasteiger partial charge in [-0.25, -0.2) is 0 Å². The van der Waals surface area contributed by atoms with Crippen LogP contribution in [0.4, 0.5) is 0 Å². The van der Waals surface area contributed by atoms with Crippen LogP contribution in [0, 0.1) is 0 Å². The van der Waals surface area contributed by atoms with Crippen LogP contribution in [0.5, 0.6) is 0 Å². The van der Waals surface area contributed by atoms with E-state index in [-0.39, 0.29) is 17.9 Å². The number of nitrogens with one attached hydrogen (secondary N) is 1. The summed E-state index contributed by atoms with van der Waals surface area (Å²) >= 11 is 5.07. The van der Waals surface area contributed by atoms with Gasteiger partial charge in [-0.2, -0.15) is 0 Å². The van der Waals surface area contributed by atoms with Crippen molar-refractivity contribution in [3.63, 3.8) is 0 Å². The van der Waals surface area contributed by atoms with Gasteiger partial charge in [0, 0.05) is 0 Å². The van der Waals surface area contributed by atoms with Crippen molar-refractivity contribution in [3.8, 4) is 0 Å². The van der Waals surface area contributed by atoms with Crippen LogP contribution in [-0.2, 0) is 9.47 Å². The average Bonchev–Trinajstić information content (AvgIpc) is 2.41. The standard InChI is InChI=1S/C12H21NO5S/c14-8-6-17-11(10(16)9(8)15)13-12(19)18-7-4-2-1-3-5-7/h7-11,14-16H,1-6H2,(H,13,19)/t8-,9-,10+,11-/m1/s1. The first-order valence-electron chi connectivity index (χ1n) is 6.71. The zero-order chi connectivity index (χ0) is 13.8. The number of aliphatic hydroxyl groups excluding tert-OH is 3. The molecule has 0 unspecified atom stereocenters. The van der Waals surface area contributed by atoms with E-state index in [0.29, 0.717) is 0 Å². The molecule has 0 aromatic heterocycles. The van der Waals surface area contributed by atoms with Crippen molar-refractivity contribution < 1.29 is 24.8 Å². The minimum Gasteiger partial charge on any atom is -0.468 e. The molecule has 1 heterocycles. The molecule has 1 aliphatic carbocycles. The summed E-state index contributed by atoms with van der Waals surface area (Å²) in [6.45, 7) is -0.0536. The van der Waals surface area contributed by atoms with Crippen LogP contribution in [-0.4, -0.2) is 57.7 Å². The predicted octanol–water partition coefficient (Wildman–Crippen LogP) is -0.351. The second-order valence-electron chi connectivity index (χ2n) is 5.11. The maximum absolute atomic E-state index is 9.75. The molecule has 7 heteroatoms. The number of aliphatic hydroxyl groups is 3. The van der Waals surface area contributed by atoms with Gasteiger partial charge in [0.1, 0.15) is 24.4 Å². The van der Waals surface area contributed by atoms with Gasteiger partial charge in [-0.1, -0.05) is 6.42 Å². The molecule has 1 saturated heterocycles. The summed E-state index contributed by atoms with van der Waals surface area (Å²) in [6, 6.07) is 0. The molecule has 4 N–H and O–H groups in total. The predicted molar refractivity (Wildman–Crippen MR) is 71.5 cm³/mol. The molecule has 0 amide bonds. The van der Waals surface area contributed by atoms with E-state index in [1.165, 1.54) is 6.42 Å². The Labute approximate surface area is 117 Å². The Morgan fingerprint density at radius 2 is 1.79 bits per heavy atom. The van der Waals surface area contributed by atoms with Gasteiger partial charge in [-0.3, -0.25) is 0 Å². The smallest absolute Gasteiger partial charge is 0.259 e. The maximum Gasteiger partial charge on any atom is 0.259 e. The lowest BCUT2D eigenvalue weighted by molar-refractivity contribution is -0.191. The Kier molecular flexibility index (Phi) is 5.35. The topological polar surface area (TPSA) is 91.2 Å². The van der Waals surface area contributed by atoms with Gasteiger partial charge in [-0.05, 0) is 37.9 Å². The van der Waals surface area contributed by atoms with Gasteiger partial charge in [-0.15, -0.1) is 0 Å². The van der Waals surface area contributed by atoms with Gasteiger partial charge < -0.3 is 30.1 Å². The molecule has 2 fully saturated rings. The highest BCUT2D eigenvalue weighted by molar-refractivity contribution is 7.80. The van der Waals surface area contributed by atoms with Gasteiger partial charge >= 0.3 is 0 Å². The fourth-order valence-electron chi connectivity index (χ4n) is 2.42. The van der Waals surface area contributed by atoms with Crippen molar-refractivity contribution >= 4 is 17.4 Å². The normalized spacial score (nSPS) is 36.8. The van der Waals surface area contributed by atoms with Crippen molar-refractivity contribution in [2.75, 3.05) is 6.61 Å². The third-order valence-corrected chi connectivity index (χ3v) is 3.80. The molecule has 0 radical (unpaired) electrons. The molecular weight excluding hydrogens is 270 g/mol. The highest BCUT2D eigenvalue weighted by Crippen LogP contribution is 2.21. The van der Waals surface area contributed by atoms with Crippen LogP contribution in [0.25, 0.3) is 0 Å². The van der Waals surface area contributed by atoms with Crippen LogP contribution in [0.2, 0.25) is 0 Å². The average molecular weight is 291 g/mol. The van der Waals surface area contributed by atoms with Crippen LogP contribution in [0.3, 0.4) is 0 Å². The van der Waals surface area contributed by atoms with E-state index in [0.717, 1.165) is 25.7 Å². The molecule has 1 saturated carbocycles. The number of rotatable bonds is 2. The lowest BCUT2D eigenvalue weighted by atomic mass is 9.98. The fourth-order valence-corrected chi connectivity index (χ4v) is 2.67. The van der Waals surface area contributed by atoms with E-state index in [1.54, 1.807) is 0 Å². The van der Waals surface area contributed by atoms with Crippen molar-refractivity contribution in [1.82, 2.24) is 5.32 Å². The van der Waals surface area contributed by atoms with E-state index in [4.69, 9.17) is 21.7 Å². The van der Waals surface area contributed by atoms with Crippen LogP contribution < -0.4 is 5.32 Å². The van der Waals surface area contributed by atoms with E-state index >= 15 is 0 Å². The molecule has 0 aromatic rings. The van der Waals surface area contributed by atoms with Gasteiger partial charge in [0.05, 0.1) is 6.61 Å². The summed E-state index contributed by atoms with van der Waals surface area (Å²) in [6.07, 6.45) is 1.17. The Morgan fingerprint density at radius 3 is 2.47 bits per heavy atom. The second kappa shape index (κ2) is 6.81. The molecule has 0 bridgehead atoms. The molecule has 4 atom stereocenters. The highest BCUT2D eigenvalue weighted by atomic mass is 32.1. The lowest BCUT2D eigenvalue weighted by Gasteiger charge is -2.36. The molecular formula is C12H21NO5S. The molecule has 110 valence electrons. The molecule has 2 rings (SSSR count). The fraction of sp³-hybridized carbons (Fsp3) is 0.917. The molecule has 19 heavy (non-hydrogen) atoms. The third kappa shape index (κ3) is 4.00. The van der Waals surface area contributed by atoms with Crippen molar-refractivity contribution in [2.45, 2.75) is 62.7 Å². The van der Waals surface area contributed by atoms with E-state index < -0.39 is 24.5 Å². The molecule has 6 nitrogen and oxygen atoms in total. The monoisotopic (exact) mass is 291 g/mol. The maximum atomic E-state index is 9.75. The SMILES string of the molecule is O[C@H]1[C@H](O)[C@H](NC(=S)OC2CCCCC2)OC[C@H]1O. The molecule has 0 aromatic carbocycles. The van der Waals surface area contributed by atoms with Crippen molar-refractivity contribution in [1.29, 1.82) is 0 Å². The molecule has 1 aliphatic heterocycles. The summed E-state index contributed by atoms with van der Waals surface area (Å²) in [5, 5.41) is 31.5. The first-order chi connectivity index (χ1) is 9.08. The second-order valence-corrected chi connectivity index (χ2v) is 5.48. The molecule has 0 spiro atoms. The minimum atomic E-state index is -1.25. The Bertz CT molecular complexity index is 310. The summed E-state index contributed by atoms with van der Waals surface area (Å²) in [4.78, 5) is 0. The quantitative estimate of drug-likeness (QED) is 0.517. The first kappa shape index (κ1) is 14.9. The van der Waals surface area contributed by atoms with Gasteiger partial charge in [0.25, 0.3) is 5.17 Å². The minimum absolute atomic E-state index is 0.0536. The van der Waals surface area contributed by atoms with Crippen molar-refractivity contribution in [2.24, 2.45) is 0 Å². The zero-order valence-corrected chi connectivity index (χ0v) is 11.5. The van der Waals surface area contributed by atoms with Gasteiger partial charge in [0.2, 0.25) is 0 Å². The number of ether oxygens (including phenoxy) is 2. The van der Waals surface area contributed by atoms with Gasteiger partial charge in [0.15, 0.2) is 6.23 Å². The number of hydrogen-bond acceptors (Lipinski definition) is 6. The number of hydrogen-bond donors (Lipinski definition) is 4. The third-order valence-electron chi connectivity index (χ3n) is 3.59. The Balaban J connectivity index is 1.78. The summed E-state index contributed by atoms with van der Waals surface area (Å²) in [5.41, 5.74) is 0. The lowest BCUT2D eigenvalue weighted by Crippen LogP contribution is -2.59. The Hall–Kier alpha value is -0.470. The van der Waals surface area contributed by atoms with Crippen molar-refractivity contribution in [3.05, 3.63) is 0 Å². The first-order valence-corrected chi connectivity index (χ1v) is 7.11. The summed E-state index contributed by atoms with van der Waals surface area (Å²) in [5.74, 6) is 0. The largest absolute Gasteiger partial charge is 0.468 e. The number of thiocarbonyl (C=S) groups is 1. The zero-order valence-electron chi connectivity index (χ0n) is 10.7. The highest BCUT2D eigenvalue weighted by Gasteiger charge is 2.38. The van der Waals surface area contributed by atoms with Crippen LogP contribution in [0.15, 0.2) is 0 Å². The summed E-state index contributed by atoms with van der Waals surface area (Å²) in [7, 11) is 0. The summed E-state index contributed by atoms with van der Waals surface area (Å²) < 4.78 is 10.8. The van der Waals surface area contributed by atoms with E-state index in [9.17, 15) is 15.3 Å². The van der Waals surface area contributed by atoms with E-state index in [1.807, 2.05) is 0 Å².